The summed E-state index contributed by atoms with van der Waals surface area (Å²) in [6.45, 7) is 2.13. The Balaban J connectivity index is 2.37. The molecule has 0 radical (unpaired) electrons. The highest BCUT2D eigenvalue weighted by atomic mass is 35.5. The number of halogens is 3. The standard InChI is InChI=1S/C13H17Cl2F/c1-2-4-11(14)6-3-5-10-7-8-12(16)9-13(10)15/h7-9,11H,2-6H2,1H3. The van der Waals surface area contributed by atoms with Crippen LogP contribution < -0.4 is 0 Å². The summed E-state index contributed by atoms with van der Waals surface area (Å²) in [5, 5.41) is 0.769. The van der Waals surface area contributed by atoms with Crippen molar-refractivity contribution in [2.75, 3.05) is 0 Å². The average molecular weight is 263 g/mol. The third-order valence-corrected chi connectivity index (χ3v) is 3.37. The fraction of sp³-hybridized carbons (Fsp3) is 0.538. The van der Waals surface area contributed by atoms with Crippen molar-refractivity contribution in [1.29, 1.82) is 0 Å². The van der Waals surface area contributed by atoms with E-state index in [1.165, 1.54) is 12.1 Å². The number of benzene rings is 1. The van der Waals surface area contributed by atoms with Crippen LogP contribution in [0.25, 0.3) is 0 Å². The Morgan fingerprint density at radius 2 is 2.06 bits per heavy atom. The summed E-state index contributed by atoms with van der Waals surface area (Å²) in [4.78, 5) is 0. The van der Waals surface area contributed by atoms with Gasteiger partial charge in [0.15, 0.2) is 0 Å². The first-order valence-electron chi connectivity index (χ1n) is 5.71. The molecule has 0 aliphatic rings. The van der Waals surface area contributed by atoms with Crippen molar-refractivity contribution in [2.45, 2.75) is 44.4 Å². The van der Waals surface area contributed by atoms with Gasteiger partial charge in [-0.25, -0.2) is 4.39 Å². The summed E-state index contributed by atoms with van der Waals surface area (Å²) < 4.78 is 12.8. The summed E-state index contributed by atoms with van der Waals surface area (Å²) in [5.41, 5.74) is 1.00. The lowest BCUT2D eigenvalue weighted by Crippen LogP contribution is -1.99. The lowest BCUT2D eigenvalue weighted by Gasteiger charge is -2.08. The Labute approximate surface area is 107 Å². The maximum atomic E-state index is 12.8. The third kappa shape index (κ3) is 4.71. The fourth-order valence-corrected chi connectivity index (χ4v) is 2.33. The zero-order chi connectivity index (χ0) is 12.0. The number of rotatable bonds is 6. The van der Waals surface area contributed by atoms with Crippen LogP contribution in [-0.4, -0.2) is 5.38 Å². The van der Waals surface area contributed by atoms with E-state index in [0.717, 1.165) is 37.7 Å². The highest BCUT2D eigenvalue weighted by Crippen LogP contribution is 2.21. The van der Waals surface area contributed by atoms with E-state index in [2.05, 4.69) is 6.92 Å². The number of aryl methyl sites for hydroxylation is 1. The molecule has 0 aliphatic carbocycles. The van der Waals surface area contributed by atoms with Crippen molar-refractivity contribution < 1.29 is 4.39 Å². The normalized spacial score (nSPS) is 12.8. The molecule has 0 nitrogen and oxygen atoms in total. The lowest BCUT2D eigenvalue weighted by atomic mass is 10.1. The van der Waals surface area contributed by atoms with Gasteiger partial charge < -0.3 is 0 Å². The van der Waals surface area contributed by atoms with Gasteiger partial charge in [0.05, 0.1) is 0 Å². The van der Waals surface area contributed by atoms with Gasteiger partial charge >= 0.3 is 0 Å². The van der Waals surface area contributed by atoms with Crippen LogP contribution in [0.4, 0.5) is 4.39 Å². The van der Waals surface area contributed by atoms with Gasteiger partial charge in [0.2, 0.25) is 0 Å². The molecule has 0 spiro atoms. The molecule has 90 valence electrons. The van der Waals surface area contributed by atoms with Crippen molar-refractivity contribution in [2.24, 2.45) is 0 Å². The molecule has 0 aliphatic heterocycles. The van der Waals surface area contributed by atoms with Crippen molar-refractivity contribution in [1.82, 2.24) is 0 Å². The van der Waals surface area contributed by atoms with E-state index in [1.807, 2.05) is 0 Å². The fourth-order valence-electron chi connectivity index (χ4n) is 1.70. The van der Waals surface area contributed by atoms with Crippen LogP contribution in [-0.2, 0) is 6.42 Å². The average Bonchev–Trinajstić information content (AvgIpc) is 2.22. The molecule has 1 unspecified atom stereocenters. The van der Waals surface area contributed by atoms with Crippen LogP contribution in [0.2, 0.25) is 5.02 Å². The summed E-state index contributed by atoms with van der Waals surface area (Å²) in [5.74, 6) is -0.282. The Kier molecular flexibility index (Phi) is 6.15. The van der Waals surface area contributed by atoms with Crippen LogP contribution in [0.15, 0.2) is 18.2 Å². The van der Waals surface area contributed by atoms with Gasteiger partial charge in [0, 0.05) is 10.4 Å². The van der Waals surface area contributed by atoms with E-state index in [0.29, 0.717) is 5.02 Å². The van der Waals surface area contributed by atoms with E-state index < -0.39 is 0 Å². The molecule has 0 saturated heterocycles. The highest BCUT2D eigenvalue weighted by Gasteiger charge is 2.05. The third-order valence-electron chi connectivity index (χ3n) is 2.58. The number of hydrogen-bond acceptors (Lipinski definition) is 0. The number of alkyl halides is 1. The minimum atomic E-state index is -0.282. The van der Waals surface area contributed by atoms with Crippen LogP contribution in [0.5, 0.6) is 0 Å². The van der Waals surface area contributed by atoms with Crippen molar-refractivity contribution in [3.05, 3.63) is 34.6 Å². The largest absolute Gasteiger partial charge is 0.207 e. The molecule has 0 heterocycles. The summed E-state index contributed by atoms with van der Waals surface area (Å²) >= 11 is 12.1. The lowest BCUT2D eigenvalue weighted by molar-refractivity contribution is 0.623. The minimum absolute atomic E-state index is 0.254. The second-order valence-corrected chi connectivity index (χ2v) is 5.04. The van der Waals surface area contributed by atoms with Crippen LogP contribution in [0, 0.1) is 5.82 Å². The predicted octanol–water partition coefficient (Wildman–Crippen LogP) is 5.21. The molecule has 1 aromatic rings. The molecule has 3 heteroatoms. The van der Waals surface area contributed by atoms with Gasteiger partial charge in [-0.05, 0) is 43.4 Å². The van der Waals surface area contributed by atoms with Gasteiger partial charge in [0.25, 0.3) is 0 Å². The van der Waals surface area contributed by atoms with Crippen molar-refractivity contribution >= 4 is 23.2 Å². The van der Waals surface area contributed by atoms with Crippen molar-refractivity contribution in [3.8, 4) is 0 Å². The van der Waals surface area contributed by atoms with Gasteiger partial charge in [-0.15, -0.1) is 11.6 Å². The van der Waals surface area contributed by atoms with E-state index >= 15 is 0 Å². The monoisotopic (exact) mass is 262 g/mol. The van der Waals surface area contributed by atoms with Crippen LogP contribution >= 0.6 is 23.2 Å². The van der Waals surface area contributed by atoms with Gasteiger partial charge in [0.1, 0.15) is 5.82 Å². The first-order chi connectivity index (χ1) is 7.63. The second-order valence-electron chi connectivity index (χ2n) is 4.01. The zero-order valence-corrected chi connectivity index (χ0v) is 11.0. The van der Waals surface area contributed by atoms with E-state index in [9.17, 15) is 4.39 Å². The molecule has 0 saturated carbocycles. The Morgan fingerprint density at radius 1 is 1.31 bits per heavy atom. The second kappa shape index (κ2) is 7.13. The zero-order valence-electron chi connectivity index (χ0n) is 9.48. The summed E-state index contributed by atoms with van der Waals surface area (Å²) in [6, 6.07) is 4.56. The molecule has 1 aromatic carbocycles. The predicted molar refractivity (Wildman–Crippen MR) is 68.9 cm³/mol. The van der Waals surface area contributed by atoms with E-state index in [4.69, 9.17) is 23.2 Å². The number of hydrogen-bond donors (Lipinski definition) is 0. The maximum absolute atomic E-state index is 12.8. The highest BCUT2D eigenvalue weighted by molar-refractivity contribution is 6.31. The van der Waals surface area contributed by atoms with Gasteiger partial charge in [-0.2, -0.15) is 0 Å². The molecule has 0 fully saturated rings. The molecule has 0 amide bonds. The molecule has 1 atom stereocenters. The molecule has 16 heavy (non-hydrogen) atoms. The molecular weight excluding hydrogens is 246 g/mol. The first kappa shape index (κ1) is 13.8. The Morgan fingerprint density at radius 3 is 2.69 bits per heavy atom. The van der Waals surface area contributed by atoms with Gasteiger partial charge in [-0.3, -0.25) is 0 Å². The van der Waals surface area contributed by atoms with E-state index in [1.54, 1.807) is 6.07 Å². The first-order valence-corrected chi connectivity index (χ1v) is 6.53. The molecule has 1 rings (SSSR count). The van der Waals surface area contributed by atoms with Gasteiger partial charge in [-0.1, -0.05) is 31.0 Å². The van der Waals surface area contributed by atoms with Crippen LogP contribution in [0.3, 0.4) is 0 Å². The van der Waals surface area contributed by atoms with E-state index in [-0.39, 0.29) is 11.2 Å². The Hall–Kier alpha value is -0.270. The van der Waals surface area contributed by atoms with Crippen molar-refractivity contribution in [3.63, 3.8) is 0 Å². The van der Waals surface area contributed by atoms with Crippen LogP contribution in [0.1, 0.15) is 38.2 Å². The molecule has 0 bridgehead atoms. The maximum Gasteiger partial charge on any atom is 0.124 e. The topological polar surface area (TPSA) is 0 Å². The SMILES string of the molecule is CCCC(Cl)CCCc1ccc(F)cc1Cl. The summed E-state index contributed by atoms with van der Waals surface area (Å²) in [6.07, 6.45) is 5.03. The minimum Gasteiger partial charge on any atom is -0.207 e. The molecular formula is C13H17Cl2F. The quantitative estimate of drug-likeness (QED) is 0.618. The molecule has 0 aromatic heterocycles. The Bertz CT molecular complexity index is 326. The smallest absolute Gasteiger partial charge is 0.124 e. The summed E-state index contributed by atoms with van der Waals surface area (Å²) in [7, 11) is 0. The molecule has 0 N–H and O–H groups in total.